The Hall–Kier alpha value is -2.07. The molecule has 0 radical (unpaired) electrons. The molecule has 0 fully saturated rings. The molecule has 0 saturated carbocycles. The molecule has 0 aliphatic carbocycles. The molecule has 1 amide bonds. The topological polar surface area (TPSA) is 51.1 Å². The summed E-state index contributed by atoms with van der Waals surface area (Å²) in [5.41, 5.74) is 0.538. The van der Waals surface area contributed by atoms with Gasteiger partial charge in [-0.3, -0.25) is 9.59 Å². The summed E-state index contributed by atoms with van der Waals surface area (Å²) in [6, 6.07) is 11.8. The molecule has 5 heteroatoms. The van der Waals surface area contributed by atoms with E-state index in [2.05, 4.69) is 5.32 Å². The minimum absolute atomic E-state index is 0.113. The highest BCUT2D eigenvalue weighted by Crippen LogP contribution is 2.14. The highest BCUT2D eigenvalue weighted by atomic mass is 35.5. The highest BCUT2D eigenvalue weighted by Gasteiger charge is 2.03. The van der Waals surface area contributed by atoms with E-state index in [1.165, 1.54) is 10.6 Å². The Morgan fingerprint density at radius 1 is 1.21 bits per heavy atom. The van der Waals surface area contributed by atoms with E-state index in [4.69, 9.17) is 11.6 Å². The van der Waals surface area contributed by atoms with E-state index < -0.39 is 0 Å². The molecule has 4 nitrogen and oxygen atoms in total. The van der Waals surface area contributed by atoms with E-state index in [0.717, 1.165) is 0 Å². The summed E-state index contributed by atoms with van der Waals surface area (Å²) in [7, 11) is 0. The van der Waals surface area contributed by atoms with Crippen LogP contribution in [0.4, 0.5) is 5.69 Å². The van der Waals surface area contributed by atoms with Crippen molar-refractivity contribution in [3.8, 4) is 0 Å². The number of nitrogens with one attached hydrogen (secondary N) is 1. The lowest BCUT2D eigenvalue weighted by Gasteiger charge is -2.07. The fraction of sp³-hybridized carbons (Fsp3) is 0.143. The van der Waals surface area contributed by atoms with Crippen LogP contribution in [0.25, 0.3) is 0 Å². The van der Waals surface area contributed by atoms with Crippen LogP contribution in [0.5, 0.6) is 0 Å². The predicted molar refractivity (Wildman–Crippen MR) is 75.4 cm³/mol. The van der Waals surface area contributed by atoms with Crippen molar-refractivity contribution in [1.82, 2.24) is 4.57 Å². The van der Waals surface area contributed by atoms with Gasteiger partial charge in [0.25, 0.3) is 5.56 Å². The van der Waals surface area contributed by atoms with Crippen molar-refractivity contribution in [2.45, 2.75) is 13.0 Å². The van der Waals surface area contributed by atoms with Crippen LogP contribution < -0.4 is 10.9 Å². The van der Waals surface area contributed by atoms with E-state index in [1.54, 1.807) is 42.6 Å². The molecule has 0 spiro atoms. The monoisotopic (exact) mass is 276 g/mol. The summed E-state index contributed by atoms with van der Waals surface area (Å²) in [5.74, 6) is -0.155. The Labute approximate surface area is 115 Å². The number of anilines is 1. The molecular formula is C14H13ClN2O2. The molecule has 0 saturated heterocycles. The standard InChI is InChI=1S/C14H13ClN2O2/c15-11-4-3-5-12(10-11)16-13(18)7-9-17-8-2-1-6-14(17)19/h1-6,8,10H,7,9H2,(H,16,18). The van der Waals surface area contributed by atoms with Gasteiger partial charge in [-0.1, -0.05) is 23.7 Å². The second kappa shape index (κ2) is 6.20. The second-order valence-electron chi connectivity index (χ2n) is 4.04. The van der Waals surface area contributed by atoms with Gasteiger partial charge in [0.15, 0.2) is 0 Å². The quantitative estimate of drug-likeness (QED) is 0.933. The smallest absolute Gasteiger partial charge is 0.250 e. The van der Waals surface area contributed by atoms with Crippen LogP contribution in [0.2, 0.25) is 5.02 Å². The van der Waals surface area contributed by atoms with Crippen LogP contribution in [0.3, 0.4) is 0 Å². The molecule has 2 aromatic rings. The van der Waals surface area contributed by atoms with E-state index in [0.29, 0.717) is 17.3 Å². The first-order valence-electron chi connectivity index (χ1n) is 5.86. The third kappa shape index (κ3) is 3.96. The van der Waals surface area contributed by atoms with E-state index in [-0.39, 0.29) is 17.9 Å². The van der Waals surface area contributed by atoms with Gasteiger partial charge in [-0.2, -0.15) is 0 Å². The first-order chi connectivity index (χ1) is 9.15. The summed E-state index contributed by atoms with van der Waals surface area (Å²) >= 11 is 5.83. The third-order valence-corrected chi connectivity index (χ3v) is 2.82. The number of rotatable bonds is 4. The number of halogens is 1. The fourth-order valence-electron chi connectivity index (χ4n) is 1.66. The molecule has 19 heavy (non-hydrogen) atoms. The van der Waals surface area contributed by atoms with Crippen LogP contribution in [0, 0.1) is 0 Å². The van der Waals surface area contributed by atoms with Crippen LogP contribution in [0.15, 0.2) is 53.5 Å². The van der Waals surface area contributed by atoms with Gasteiger partial charge in [0, 0.05) is 35.9 Å². The molecule has 1 aromatic carbocycles. The summed E-state index contributed by atoms with van der Waals surface area (Å²) in [4.78, 5) is 23.2. The van der Waals surface area contributed by atoms with Crippen LogP contribution in [-0.2, 0) is 11.3 Å². The zero-order chi connectivity index (χ0) is 13.7. The molecular weight excluding hydrogens is 264 g/mol. The molecule has 1 aromatic heterocycles. The number of hydrogen-bond acceptors (Lipinski definition) is 2. The van der Waals surface area contributed by atoms with Crippen molar-refractivity contribution in [3.05, 3.63) is 64.0 Å². The zero-order valence-electron chi connectivity index (χ0n) is 10.2. The largest absolute Gasteiger partial charge is 0.326 e. The van der Waals surface area contributed by atoms with Crippen molar-refractivity contribution in [3.63, 3.8) is 0 Å². The third-order valence-electron chi connectivity index (χ3n) is 2.59. The number of carbonyl (C=O) groups excluding carboxylic acids is 1. The van der Waals surface area contributed by atoms with E-state index >= 15 is 0 Å². The lowest BCUT2D eigenvalue weighted by molar-refractivity contribution is -0.116. The number of carbonyl (C=O) groups is 1. The molecule has 0 bridgehead atoms. The molecule has 0 unspecified atom stereocenters. The van der Waals surface area contributed by atoms with Crippen molar-refractivity contribution in [1.29, 1.82) is 0 Å². The van der Waals surface area contributed by atoms with Gasteiger partial charge in [0.2, 0.25) is 5.91 Å². The Kier molecular flexibility index (Phi) is 4.36. The first-order valence-corrected chi connectivity index (χ1v) is 6.24. The summed E-state index contributed by atoms with van der Waals surface area (Å²) < 4.78 is 1.50. The van der Waals surface area contributed by atoms with Gasteiger partial charge in [-0.05, 0) is 24.3 Å². The average Bonchev–Trinajstić information content (AvgIpc) is 2.38. The Balaban J connectivity index is 1.92. The Morgan fingerprint density at radius 2 is 2.05 bits per heavy atom. The van der Waals surface area contributed by atoms with Gasteiger partial charge >= 0.3 is 0 Å². The number of pyridine rings is 1. The molecule has 0 atom stereocenters. The number of aryl methyl sites for hydroxylation is 1. The van der Waals surface area contributed by atoms with Crippen molar-refractivity contribution < 1.29 is 4.79 Å². The average molecular weight is 277 g/mol. The minimum atomic E-state index is -0.155. The van der Waals surface area contributed by atoms with Crippen LogP contribution >= 0.6 is 11.6 Å². The Bertz CT molecular complexity index is 637. The summed E-state index contributed by atoms with van der Waals surface area (Å²) in [6.45, 7) is 0.353. The lowest BCUT2D eigenvalue weighted by atomic mass is 10.3. The highest BCUT2D eigenvalue weighted by molar-refractivity contribution is 6.30. The molecule has 1 N–H and O–H groups in total. The zero-order valence-corrected chi connectivity index (χ0v) is 10.9. The molecule has 0 aliphatic heterocycles. The molecule has 1 heterocycles. The molecule has 0 aliphatic rings. The van der Waals surface area contributed by atoms with Gasteiger partial charge in [-0.25, -0.2) is 0 Å². The molecule has 98 valence electrons. The number of benzene rings is 1. The molecule has 2 rings (SSSR count). The van der Waals surface area contributed by atoms with Gasteiger partial charge in [0.05, 0.1) is 0 Å². The van der Waals surface area contributed by atoms with E-state index in [9.17, 15) is 9.59 Å². The maximum absolute atomic E-state index is 11.7. The van der Waals surface area contributed by atoms with Gasteiger partial charge in [0.1, 0.15) is 0 Å². The number of hydrogen-bond donors (Lipinski definition) is 1. The van der Waals surface area contributed by atoms with Crippen molar-refractivity contribution >= 4 is 23.2 Å². The van der Waals surface area contributed by atoms with E-state index in [1.807, 2.05) is 0 Å². The second-order valence-corrected chi connectivity index (χ2v) is 4.48. The van der Waals surface area contributed by atoms with Gasteiger partial charge < -0.3 is 9.88 Å². The first kappa shape index (κ1) is 13.4. The van der Waals surface area contributed by atoms with Crippen LogP contribution in [0.1, 0.15) is 6.42 Å². The number of amides is 1. The number of aromatic nitrogens is 1. The Morgan fingerprint density at radius 3 is 2.79 bits per heavy atom. The predicted octanol–water partition coefficient (Wildman–Crippen LogP) is 2.53. The van der Waals surface area contributed by atoms with Gasteiger partial charge in [-0.15, -0.1) is 0 Å². The summed E-state index contributed by atoms with van der Waals surface area (Å²) in [6.07, 6.45) is 1.89. The van der Waals surface area contributed by atoms with Crippen LogP contribution in [-0.4, -0.2) is 10.5 Å². The maximum Gasteiger partial charge on any atom is 0.250 e. The fourth-order valence-corrected chi connectivity index (χ4v) is 1.85. The maximum atomic E-state index is 11.7. The summed E-state index contributed by atoms with van der Waals surface area (Å²) in [5, 5.41) is 3.30. The number of nitrogens with zero attached hydrogens (tertiary/aromatic N) is 1. The van der Waals surface area contributed by atoms with Crippen molar-refractivity contribution in [2.24, 2.45) is 0 Å². The SMILES string of the molecule is O=C(CCn1ccccc1=O)Nc1cccc(Cl)c1. The normalized spacial score (nSPS) is 10.2. The lowest BCUT2D eigenvalue weighted by Crippen LogP contribution is -2.21. The minimum Gasteiger partial charge on any atom is -0.326 e. The van der Waals surface area contributed by atoms with Crippen molar-refractivity contribution in [2.75, 3.05) is 5.32 Å².